The molecule has 1 heterocycles. The topological polar surface area (TPSA) is 58.2 Å². The first-order chi connectivity index (χ1) is 8.49. The van der Waals surface area contributed by atoms with Crippen molar-refractivity contribution in [1.82, 2.24) is 10.0 Å². The maximum absolute atomic E-state index is 12.3. The van der Waals surface area contributed by atoms with E-state index < -0.39 is 10.0 Å². The summed E-state index contributed by atoms with van der Waals surface area (Å²) in [6, 6.07) is 5.30. The molecule has 1 aromatic carbocycles. The standard InChI is InChI=1S/C12H17BrN2O2S.ClH/c1-9-2-3-12(11(13)8-9)18(16,17)15-10-4-6-14-7-5-10;/h2-3,8,10,14-15H,4-7H2,1H3;1H. The van der Waals surface area contributed by atoms with E-state index in [9.17, 15) is 8.42 Å². The second-order valence-electron chi connectivity index (χ2n) is 4.58. The van der Waals surface area contributed by atoms with Crippen LogP contribution in [0.2, 0.25) is 0 Å². The second kappa shape index (κ2) is 7.04. The molecule has 19 heavy (non-hydrogen) atoms. The minimum atomic E-state index is -3.43. The predicted octanol–water partition coefficient (Wildman–Crippen LogP) is 2.21. The predicted molar refractivity (Wildman–Crippen MR) is 82.3 cm³/mol. The van der Waals surface area contributed by atoms with Gasteiger partial charge >= 0.3 is 0 Å². The fourth-order valence-electron chi connectivity index (χ4n) is 2.05. The third-order valence-electron chi connectivity index (χ3n) is 3.04. The Morgan fingerprint density at radius 3 is 2.53 bits per heavy atom. The highest BCUT2D eigenvalue weighted by molar-refractivity contribution is 9.10. The molecule has 4 nitrogen and oxygen atoms in total. The molecule has 1 aliphatic rings. The molecule has 0 aromatic heterocycles. The average molecular weight is 370 g/mol. The molecule has 0 amide bonds. The molecule has 0 atom stereocenters. The van der Waals surface area contributed by atoms with Crippen LogP contribution in [0.15, 0.2) is 27.6 Å². The highest BCUT2D eigenvalue weighted by atomic mass is 79.9. The van der Waals surface area contributed by atoms with Crippen LogP contribution in [0.3, 0.4) is 0 Å². The molecular weight excluding hydrogens is 352 g/mol. The summed E-state index contributed by atoms with van der Waals surface area (Å²) >= 11 is 3.32. The van der Waals surface area contributed by atoms with Crippen LogP contribution in [0.4, 0.5) is 0 Å². The smallest absolute Gasteiger partial charge is 0.241 e. The van der Waals surface area contributed by atoms with Crippen molar-refractivity contribution in [1.29, 1.82) is 0 Å². The van der Waals surface area contributed by atoms with Crippen LogP contribution >= 0.6 is 28.3 Å². The fraction of sp³-hybridized carbons (Fsp3) is 0.500. The number of aryl methyl sites for hydroxylation is 1. The summed E-state index contributed by atoms with van der Waals surface area (Å²) in [5, 5.41) is 3.22. The van der Waals surface area contributed by atoms with Crippen molar-refractivity contribution in [2.24, 2.45) is 0 Å². The number of halogens is 2. The molecule has 2 N–H and O–H groups in total. The van der Waals surface area contributed by atoms with E-state index >= 15 is 0 Å². The quantitative estimate of drug-likeness (QED) is 0.859. The summed E-state index contributed by atoms with van der Waals surface area (Å²) in [7, 11) is -3.43. The van der Waals surface area contributed by atoms with Crippen molar-refractivity contribution in [3.63, 3.8) is 0 Å². The molecule has 0 unspecified atom stereocenters. The Morgan fingerprint density at radius 2 is 1.95 bits per heavy atom. The normalized spacial score (nSPS) is 16.9. The Balaban J connectivity index is 0.00000180. The monoisotopic (exact) mass is 368 g/mol. The van der Waals surface area contributed by atoms with Crippen molar-refractivity contribution in [2.75, 3.05) is 13.1 Å². The minimum Gasteiger partial charge on any atom is -0.317 e. The largest absolute Gasteiger partial charge is 0.317 e. The van der Waals surface area contributed by atoms with Crippen LogP contribution in [0.5, 0.6) is 0 Å². The molecule has 1 saturated heterocycles. The van der Waals surface area contributed by atoms with Gasteiger partial charge in [0, 0.05) is 10.5 Å². The summed E-state index contributed by atoms with van der Waals surface area (Å²) in [5.41, 5.74) is 1.03. The van der Waals surface area contributed by atoms with Gasteiger partial charge in [0.15, 0.2) is 0 Å². The van der Waals surface area contributed by atoms with E-state index in [1.54, 1.807) is 6.07 Å². The van der Waals surface area contributed by atoms with E-state index in [-0.39, 0.29) is 18.4 Å². The zero-order valence-corrected chi connectivity index (χ0v) is 13.9. The van der Waals surface area contributed by atoms with Gasteiger partial charge in [-0.1, -0.05) is 6.07 Å². The summed E-state index contributed by atoms with van der Waals surface area (Å²) in [6.45, 7) is 3.66. The lowest BCUT2D eigenvalue weighted by Gasteiger charge is -2.23. The van der Waals surface area contributed by atoms with Crippen LogP contribution in [-0.2, 0) is 10.0 Å². The number of piperidine rings is 1. The molecule has 0 bridgehead atoms. The molecule has 0 saturated carbocycles. The zero-order valence-electron chi connectivity index (χ0n) is 10.6. The molecule has 108 valence electrons. The van der Waals surface area contributed by atoms with E-state index in [2.05, 4.69) is 26.0 Å². The summed E-state index contributed by atoms with van der Waals surface area (Å²) in [6.07, 6.45) is 1.67. The van der Waals surface area contributed by atoms with Gasteiger partial charge in [-0.05, 0) is 66.5 Å². The molecule has 1 aliphatic heterocycles. The number of sulfonamides is 1. The Hall–Kier alpha value is -0.140. The van der Waals surface area contributed by atoms with Gasteiger partial charge in [-0.3, -0.25) is 0 Å². The van der Waals surface area contributed by atoms with Crippen LogP contribution in [0.1, 0.15) is 18.4 Å². The highest BCUT2D eigenvalue weighted by Crippen LogP contribution is 2.23. The maximum atomic E-state index is 12.3. The van der Waals surface area contributed by atoms with Gasteiger partial charge < -0.3 is 5.32 Å². The molecule has 1 fully saturated rings. The van der Waals surface area contributed by atoms with E-state index in [1.165, 1.54) is 0 Å². The Labute approximate surface area is 128 Å². The van der Waals surface area contributed by atoms with Gasteiger partial charge in [0.2, 0.25) is 10.0 Å². The molecular formula is C12H18BrClN2O2S. The number of hydrogen-bond acceptors (Lipinski definition) is 3. The van der Waals surface area contributed by atoms with Crippen molar-refractivity contribution in [3.05, 3.63) is 28.2 Å². The fourth-order valence-corrected chi connectivity index (χ4v) is 4.54. The number of rotatable bonds is 3. The van der Waals surface area contributed by atoms with Crippen LogP contribution < -0.4 is 10.0 Å². The Bertz CT molecular complexity index is 531. The third kappa shape index (κ3) is 4.43. The highest BCUT2D eigenvalue weighted by Gasteiger charge is 2.23. The first-order valence-corrected chi connectivity index (χ1v) is 8.26. The third-order valence-corrected chi connectivity index (χ3v) is 5.54. The van der Waals surface area contributed by atoms with Gasteiger partial charge in [0.05, 0.1) is 4.90 Å². The van der Waals surface area contributed by atoms with Gasteiger partial charge in [-0.15, -0.1) is 12.4 Å². The summed E-state index contributed by atoms with van der Waals surface area (Å²) < 4.78 is 27.9. The first kappa shape index (κ1) is 16.9. The number of nitrogens with one attached hydrogen (secondary N) is 2. The molecule has 2 rings (SSSR count). The van der Waals surface area contributed by atoms with E-state index in [0.29, 0.717) is 9.37 Å². The van der Waals surface area contributed by atoms with Crippen molar-refractivity contribution in [3.8, 4) is 0 Å². The molecule has 0 radical (unpaired) electrons. The SMILES string of the molecule is Cc1ccc(S(=O)(=O)NC2CCNCC2)c(Br)c1.Cl. The zero-order chi connectivity index (χ0) is 13.2. The number of benzene rings is 1. The molecule has 1 aromatic rings. The van der Waals surface area contributed by atoms with Crippen molar-refractivity contribution in [2.45, 2.75) is 30.7 Å². The first-order valence-electron chi connectivity index (χ1n) is 5.98. The van der Waals surface area contributed by atoms with E-state index in [0.717, 1.165) is 31.5 Å². The van der Waals surface area contributed by atoms with Crippen LogP contribution in [-0.4, -0.2) is 27.5 Å². The van der Waals surface area contributed by atoms with Crippen LogP contribution in [0, 0.1) is 6.92 Å². The van der Waals surface area contributed by atoms with Crippen LogP contribution in [0.25, 0.3) is 0 Å². The lowest BCUT2D eigenvalue weighted by atomic mass is 10.1. The van der Waals surface area contributed by atoms with Gasteiger partial charge in [-0.25, -0.2) is 13.1 Å². The lowest BCUT2D eigenvalue weighted by molar-refractivity contribution is 0.427. The molecule has 0 spiro atoms. The van der Waals surface area contributed by atoms with Crippen molar-refractivity contribution < 1.29 is 8.42 Å². The van der Waals surface area contributed by atoms with E-state index in [1.807, 2.05) is 19.1 Å². The Morgan fingerprint density at radius 1 is 1.32 bits per heavy atom. The maximum Gasteiger partial charge on any atom is 0.241 e. The second-order valence-corrected chi connectivity index (χ2v) is 7.12. The van der Waals surface area contributed by atoms with Gasteiger partial charge in [0.25, 0.3) is 0 Å². The van der Waals surface area contributed by atoms with Crippen molar-refractivity contribution >= 4 is 38.4 Å². The lowest BCUT2D eigenvalue weighted by Crippen LogP contribution is -2.42. The summed E-state index contributed by atoms with van der Waals surface area (Å²) in [4.78, 5) is 0.312. The molecule has 7 heteroatoms. The minimum absolute atomic E-state index is 0. The Kier molecular flexibility index (Phi) is 6.26. The van der Waals surface area contributed by atoms with E-state index in [4.69, 9.17) is 0 Å². The summed E-state index contributed by atoms with van der Waals surface area (Å²) in [5.74, 6) is 0. The number of hydrogen-bond donors (Lipinski definition) is 2. The molecule has 0 aliphatic carbocycles. The average Bonchev–Trinajstić information content (AvgIpc) is 2.29. The van der Waals surface area contributed by atoms with Gasteiger partial charge in [-0.2, -0.15) is 0 Å². The van der Waals surface area contributed by atoms with Gasteiger partial charge in [0.1, 0.15) is 0 Å².